The first-order valence-electron chi connectivity index (χ1n) is 8.31. The number of halogens is 1. The molecule has 0 atom stereocenters. The van der Waals surface area contributed by atoms with E-state index < -0.39 is 0 Å². The summed E-state index contributed by atoms with van der Waals surface area (Å²) in [5.74, 6) is -0.446. The molecular weight excluding hydrogens is 402 g/mol. The molecule has 0 fully saturated rings. The summed E-state index contributed by atoms with van der Waals surface area (Å²) in [5.41, 5.74) is 1.55. The summed E-state index contributed by atoms with van der Waals surface area (Å²) < 4.78 is 0. The number of hydrogen-bond acceptors (Lipinski definition) is 5. The topological polar surface area (TPSA) is 71.1 Å². The van der Waals surface area contributed by atoms with Crippen LogP contribution in [0, 0.1) is 0 Å². The number of carbonyl (C=O) groups is 2. The molecule has 140 valence electrons. The van der Waals surface area contributed by atoms with E-state index >= 15 is 0 Å². The average Bonchev–Trinajstić information content (AvgIpc) is 3.27. The molecule has 27 heavy (non-hydrogen) atoms. The van der Waals surface area contributed by atoms with E-state index in [-0.39, 0.29) is 24.3 Å². The molecule has 2 amide bonds. The van der Waals surface area contributed by atoms with Crippen LogP contribution < -0.4 is 10.6 Å². The van der Waals surface area contributed by atoms with Crippen LogP contribution in [0.3, 0.4) is 0 Å². The van der Waals surface area contributed by atoms with Crippen LogP contribution >= 0.6 is 34.3 Å². The SMILES string of the molecule is CC(C)NC(=O)c1ccc(Cl)c(NC(=O)Cc2csc(-c3cccs3)n2)c1. The Morgan fingerprint density at radius 2 is 2.04 bits per heavy atom. The lowest BCUT2D eigenvalue weighted by Crippen LogP contribution is -2.30. The number of nitrogens with zero attached hydrogens (tertiary/aromatic N) is 1. The van der Waals surface area contributed by atoms with Crippen molar-refractivity contribution in [2.75, 3.05) is 5.32 Å². The molecule has 0 aliphatic heterocycles. The van der Waals surface area contributed by atoms with Gasteiger partial charge in [-0.25, -0.2) is 4.98 Å². The minimum Gasteiger partial charge on any atom is -0.350 e. The summed E-state index contributed by atoms with van der Waals surface area (Å²) in [6.45, 7) is 3.77. The molecule has 0 saturated heterocycles. The van der Waals surface area contributed by atoms with Crippen molar-refractivity contribution in [1.82, 2.24) is 10.3 Å². The van der Waals surface area contributed by atoms with E-state index in [0.29, 0.717) is 22.0 Å². The van der Waals surface area contributed by atoms with Crippen LogP contribution in [0.25, 0.3) is 9.88 Å². The van der Waals surface area contributed by atoms with Gasteiger partial charge in [-0.3, -0.25) is 9.59 Å². The number of amides is 2. The second-order valence-electron chi connectivity index (χ2n) is 6.17. The van der Waals surface area contributed by atoms with Gasteiger partial charge in [0.05, 0.1) is 27.7 Å². The summed E-state index contributed by atoms with van der Waals surface area (Å²) >= 11 is 9.29. The summed E-state index contributed by atoms with van der Waals surface area (Å²) in [7, 11) is 0. The highest BCUT2D eigenvalue weighted by Crippen LogP contribution is 2.28. The zero-order valence-electron chi connectivity index (χ0n) is 14.8. The molecule has 1 aromatic carbocycles. The highest BCUT2D eigenvalue weighted by molar-refractivity contribution is 7.20. The smallest absolute Gasteiger partial charge is 0.251 e. The van der Waals surface area contributed by atoms with Gasteiger partial charge in [0.2, 0.25) is 5.91 Å². The number of aromatic nitrogens is 1. The predicted octanol–water partition coefficient (Wildman–Crippen LogP) is 4.84. The molecule has 8 heteroatoms. The maximum Gasteiger partial charge on any atom is 0.251 e. The van der Waals surface area contributed by atoms with Gasteiger partial charge in [-0.1, -0.05) is 17.7 Å². The minimum atomic E-state index is -0.235. The summed E-state index contributed by atoms with van der Waals surface area (Å²) in [4.78, 5) is 30.1. The molecule has 0 radical (unpaired) electrons. The first kappa shape index (κ1) is 19.5. The normalized spacial score (nSPS) is 10.8. The van der Waals surface area contributed by atoms with Crippen molar-refractivity contribution in [1.29, 1.82) is 0 Å². The molecule has 0 saturated carbocycles. The van der Waals surface area contributed by atoms with Crippen molar-refractivity contribution < 1.29 is 9.59 Å². The second-order valence-corrected chi connectivity index (χ2v) is 8.38. The van der Waals surface area contributed by atoms with Gasteiger partial charge in [-0.2, -0.15) is 0 Å². The van der Waals surface area contributed by atoms with Crippen LogP contribution in [-0.2, 0) is 11.2 Å². The van der Waals surface area contributed by atoms with E-state index in [0.717, 1.165) is 9.88 Å². The van der Waals surface area contributed by atoms with Crippen molar-refractivity contribution in [3.63, 3.8) is 0 Å². The number of anilines is 1. The third-order valence-electron chi connectivity index (χ3n) is 3.55. The molecule has 0 unspecified atom stereocenters. The van der Waals surface area contributed by atoms with Crippen molar-refractivity contribution >= 4 is 51.8 Å². The lowest BCUT2D eigenvalue weighted by molar-refractivity contribution is -0.115. The fourth-order valence-corrected chi connectivity index (χ4v) is 4.17. The van der Waals surface area contributed by atoms with Crippen LogP contribution in [0.15, 0.2) is 41.1 Å². The number of rotatable bonds is 6. The van der Waals surface area contributed by atoms with Gasteiger partial charge in [0, 0.05) is 17.0 Å². The van der Waals surface area contributed by atoms with Gasteiger partial charge < -0.3 is 10.6 Å². The molecule has 0 bridgehead atoms. The van der Waals surface area contributed by atoms with Crippen LogP contribution in [-0.4, -0.2) is 22.8 Å². The standard InChI is InChI=1S/C19H18ClN3O2S2/c1-11(2)21-18(25)12-5-6-14(20)15(8-12)23-17(24)9-13-10-27-19(22-13)16-4-3-7-26-16/h3-8,10-11H,9H2,1-2H3,(H,21,25)(H,23,24). The molecule has 0 aliphatic rings. The van der Waals surface area contributed by atoms with E-state index in [1.165, 1.54) is 11.3 Å². The number of hydrogen-bond donors (Lipinski definition) is 2. The monoisotopic (exact) mass is 419 g/mol. The Hall–Kier alpha value is -2.22. The van der Waals surface area contributed by atoms with Crippen molar-refractivity contribution in [2.45, 2.75) is 26.3 Å². The molecule has 0 spiro atoms. The van der Waals surface area contributed by atoms with Crippen molar-refractivity contribution in [2.24, 2.45) is 0 Å². The Kier molecular flexibility index (Phi) is 6.26. The number of nitrogens with one attached hydrogen (secondary N) is 2. The van der Waals surface area contributed by atoms with Crippen LogP contribution in [0.5, 0.6) is 0 Å². The van der Waals surface area contributed by atoms with E-state index in [1.54, 1.807) is 29.5 Å². The van der Waals surface area contributed by atoms with Gasteiger partial charge >= 0.3 is 0 Å². The first-order valence-corrected chi connectivity index (χ1v) is 10.4. The Bertz CT molecular complexity index is 952. The fourth-order valence-electron chi connectivity index (χ4n) is 2.37. The third kappa shape index (κ3) is 5.15. The highest BCUT2D eigenvalue weighted by atomic mass is 35.5. The second kappa shape index (κ2) is 8.65. The van der Waals surface area contributed by atoms with E-state index in [2.05, 4.69) is 15.6 Å². The van der Waals surface area contributed by atoms with Gasteiger partial charge in [-0.05, 0) is 43.5 Å². The zero-order chi connectivity index (χ0) is 19.4. The Labute approximate surface area is 170 Å². The molecule has 2 heterocycles. The van der Waals surface area contributed by atoms with Crippen LogP contribution in [0.4, 0.5) is 5.69 Å². The molecule has 0 aliphatic carbocycles. The van der Waals surface area contributed by atoms with Gasteiger partial charge in [-0.15, -0.1) is 22.7 Å². The van der Waals surface area contributed by atoms with Crippen molar-refractivity contribution in [3.05, 3.63) is 57.4 Å². The Balaban J connectivity index is 1.68. The summed E-state index contributed by atoms with van der Waals surface area (Å²) in [6, 6.07) is 8.80. The lowest BCUT2D eigenvalue weighted by Gasteiger charge is -2.11. The lowest BCUT2D eigenvalue weighted by atomic mass is 10.1. The average molecular weight is 420 g/mol. The Morgan fingerprint density at radius 1 is 1.22 bits per heavy atom. The predicted molar refractivity (Wildman–Crippen MR) is 112 cm³/mol. The van der Waals surface area contributed by atoms with E-state index in [1.807, 2.05) is 36.7 Å². The Morgan fingerprint density at radius 3 is 2.74 bits per heavy atom. The summed E-state index contributed by atoms with van der Waals surface area (Å²) in [6.07, 6.45) is 0.140. The molecule has 2 aromatic heterocycles. The quantitative estimate of drug-likeness (QED) is 0.600. The van der Waals surface area contributed by atoms with Gasteiger partial charge in [0.25, 0.3) is 5.91 Å². The largest absolute Gasteiger partial charge is 0.350 e. The van der Waals surface area contributed by atoms with Crippen LogP contribution in [0.2, 0.25) is 5.02 Å². The third-order valence-corrected chi connectivity index (χ3v) is 5.81. The van der Waals surface area contributed by atoms with Crippen LogP contribution in [0.1, 0.15) is 29.9 Å². The molecule has 5 nitrogen and oxygen atoms in total. The number of thiazole rings is 1. The number of carbonyl (C=O) groups excluding carboxylic acids is 2. The fraction of sp³-hybridized carbons (Fsp3) is 0.211. The maximum absolute atomic E-state index is 12.4. The first-order chi connectivity index (χ1) is 12.9. The molecule has 3 aromatic rings. The van der Waals surface area contributed by atoms with E-state index in [9.17, 15) is 9.59 Å². The maximum atomic E-state index is 12.4. The molecule has 2 N–H and O–H groups in total. The van der Waals surface area contributed by atoms with E-state index in [4.69, 9.17) is 11.6 Å². The minimum absolute atomic E-state index is 0.0217. The van der Waals surface area contributed by atoms with Crippen molar-refractivity contribution in [3.8, 4) is 9.88 Å². The molecule has 3 rings (SSSR count). The summed E-state index contributed by atoms with van der Waals surface area (Å²) in [5, 5.41) is 10.7. The zero-order valence-corrected chi connectivity index (χ0v) is 17.2. The highest BCUT2D eigenvalue weighted by Gasteiger charge is 2.14. The molecular formula is C19H18ClN3O2S2. The number of benzene rings is 1. The van der Waals surface area contributed by atoms with Gasteiger partial charge in [0.15, 0.2) is 0 Å². The van der Waals surface area contributed by atoms with Gasteiger partial charge in [0.1, 0.15) is 5.01 Å². The number of thiophene rings is 1.